The first-order valence-electron chi connectivity index (χ1n) is 6.97. The minimum absolute atomic E-state index is 0.0734. The number of carbonyl (C=O) groups excluding carboxylic acids is 1. The smallest absolute Gasteiger partial charge is 0.260 e. The second-order valence-electron chi connectivity index (χ2n) is 5.19. The van der Waals surface area contributed by atoms with Crippen LogP contribution in [0.25, 0.3) is 0 Å². The van der Waals surface area contributed by atoms with E-state index < -0.39 is 29.2 Å². The van der Waals surface area contributed by atoms with Crippen LogP contribution in [0.3, 0.4) is 0 Å². The van der Waals surface area contributed by atoms with Gasteiger partial charge in [-0.2, -0.15) is 0 Å². The molecule has 1 amide bonds. The Morgan fingerprint density at radius 2 is 2.04 bits per heavy atom. The van der Waals surface area contributed by atoms with Crippen LogP contribution in [0.2, 0.25) is 0 Å². The van der Waals surface area contributed by atoms with E-state index in [-0.39, 0.29) is 24.1 Å². The number of aromatic amines is 1. The maximum absolute atomic E-state index is 13.5. The van der Waals surface area contributed by atoms with Crippen LogP contribution in [0, 0.1) is 18.6 Å². The zero-order valence-corrected chi connectivity index (χ0v) is 12.4. The number of hydrogen-bond donors (Lipinski definition) is 3. The first-order valence-corrected chi connectivity index (χ1v) is 6.97. The summed E-state index contributed by atoms with van der Waals surface area (Å²) >= 11 is 0. The number of hydrogen-bond acceptors (Lipinski definition) is 3. The van der Waals surface area contributed by atoms with Crippen molar-refractivity contribution in [3.8, 4) is 0 Å². The summed E-state index contributed by atoms with van der Waals surface area (Å²) in [5.41, 5.74) is 0.164. The molecule has 0 saturated heterocycles. The summed E-state index contributed by atoms with van der Waals surface area (Å²) in [7, 11) is 0. The molecule has 0 radical (unpaired) electrons. The maximum atomic E-state index is 13.5. The lowest BCUT2D eigenvalue weighted by molar-refractivity contribution is 0.0914. The van der Waals surface area contributed by atoms with Gasteiger partial charge in [0.1, 0.15) is 17.2 Å². The summed E-state index contributed by atoms with van der Waals surface area (Å²) in [4.78, 5) is 26.0. The van der Waals surface area contributed by atoms with Crippen molar-refractivity contribution < 1.29 is 18.7 Å². The molecule has 0 aliphatic rings. The van der Waals surface area contributed by atoms with Gasteiger partial charge >= 0.3 is 0 Å². The second kappa shape index (κ2) is 7.15. The number of aliphatic hydroxyl groups is 1. The van der Waals surface area contributed by atoms with Crippen molar-refractivity contribution >= 4 is 5.91 Å². The number of carbonyl (C=O) groups is 1. The number of nitrogens with one attached hydrogen (secondary N) is 2. The molecule has 3 N–H and O–H groups in total. The van der Waals surface area contributed by atoms with Gasteiger partial charge in [-0.25, -0.2) is 8.78 Å². The highest BCUT2D eigenvalue weighted by atomic mass is 19.1. The highest BCUT2D eigenvalue weighted by Gasteiger charge is 2.14. The van der Waals surface area contributed by atoms with E-state index in [1.807, 2.05) is 0 Å². The number of rotatable bonds is 5. The molecule has 7 heteroatoms. The molecule has 0 aliphatic carbocycles. The van der Waals surface area contributed by atoms with Gasteiger partial charge in [-0.15, -0.1) is 0 Å². The molecule has 0 spiro atoms. The quantitative estimate of drug-likeness (QED) is 0.776. The third-order valence-corrected chi connectivity index (χ3v) is 3.27. The largest absolute Gasteiger partial charge is 0.391 e. The number of benzene rings is 1. The summed E-state index contributed by atoms with van der Waals surface area (Å²) in [5, 5.41) is 12.2. The van der Waals surface area contributed by atoms with Crippen molar-refractivity contribution in [1.82, 2.24) is 10.3 Å². The molecule has 2 aromatic rings. The molecule has 0 saturated carbocycles. The fourth-order valence-corrected chi connectivity index (χ4v) is 2.07. The molecule has 0 aliphatic heterocycles. The predicted molar refractivity (Wildman–Crippen MR) is 80.2 cm³/mol. The van der Waals surface area contributed by atoms with Crippen LogP contribution >= 0.6 is 0 Å². The van der Waals surface area contributed by atoms with E-state index >= 15 is 0 Å². The number of amides is 1. The van der Waals surface area contributed by atoms with Crippen LogP contribution in [-0.2, 0) is 6.42 Å². The van der Waals surface area contributed by atoms with E-state index in [2.05, 4.69) is 10.3 Å². The van der Waals surface area contributed by atoms with Gasteiger partial charge in [0.05, 0.1) is 6.10 Å². The van der Waals surface area contributed by atoms with Crippen LogP contribution in [0.1, 0.15) is 21.6 Å². The highest BCUT2D eigenvalue weighted by Crippen LogP contribution is 2.11. The number of H-pyrrole nitrogens is 1. The Bertz CT molecular complexity index is 774. The maximum Gasteiger partial charge on any atom is 0.260 e. The molecule has 1 unspecified atom stereocenters. The van der Waals surface area contributed by atoms with E-state index in [9.17, 15) is 23.5 Å². The SMILES string of the molecule is Cc1ccc(C(=O)NCC(O)Cc2ccc(F)cc2F)c(=O)[nH]1. The zero-order valence-electron chi connectivity index (χ0n) is 12.4. The van der Waals surface area contributed by atoms with Crippen LogP contribution in [0.5, 0.6) is 0 Å². The standard InChI is InChI=1S/C16H16F2N2O3/c1-9-2-5-13(16(23)20-9)15(22)19-8-12(21)6-10-3-4-11(17)7-14(10)18/h2-5,7,12,21H,6,8H2,1H3,(H,19,22)(H,20,23). The number of halogens is 2. The van der Waals surface area contributed by atoms with Gasteiger partial charge in [0.25, 0.3) is 11.5 Å². The topological polar surface area (TPSA) is 82.2 Å². The summed E-state index contributed by atoms with van der Waals surface area (Å²) in [6, 6.07) is 6.03. The third-order valence-electron chi connectivity index (χ3n) is 3.27. The van der Waals surface area contributed by atoms with Crippen LogP contribution < -0.4 is 10.9 Å². The van der Waals surface area contributed by atoms with Crippen molar-refractivity contribution in [2.75, 3.05) is 6.54 Å². The van der Waals surface area contributed by atoms with Crippen molar-refractivity contribution in [2.45, 2.75) is 19.4 Å². The lowest BCUT2D eigenvalue weighted by Crippen LogP contribution is -2.36. The van der Waals surface area contributed by atoms with Crippen LogP contribution in [-0.4, -0.2) is 28.6 Å². The van der Waals surface area contributed by atoms with E-state index in [0.717, 1.165) is 12.1 Å². The zero-order chi connectivity index (χ0) is 17.0. The van der Waals surface area contributed by atoms with Gasteiger partial charge in [0, 0.05) is 24.7 Å². The lowest BCUT2D eigenvalue weighted by atomic mass is 10.1. The summed E-state index contributed by atoms with van der Waals surface area (Å²) in [6.45, 7) is 1.52. The predicted octanol–water partition coefficient (Wildman–Crippen LogP) is 1.29. The molecule has 23 heavy (non-hydrogen) atoms. The summed E-state index contributed by atoms with van der Waals surface area (Å²) < 4.78 is 26.3. The molecule has 1 atom stereocenters. The van der Waals surface area contributed by atoms with E-state index in [0.29, 0.717) is 5.69 Å². The first-order chi connectivity index (χ1) is 10.9. The average molecular weight is 322 g/mol. The number of aromatic nitrogens is 1. The van der Waals surface area contributed by atoms with Crippen LogP contribution in [0.15, 0.2) is 35.1 Å². The van der Waals surface area contributed by atoms with Crippen molar-refractivity contribution in [2.24, 2.45) is 0 Å². The number of aryl methyl sites for hydroxylation is 1. The van der Waals surface area contributed by atoms with Gasteiger partial charge in [0.15, 0.2) is 0 Å². The molecule has 2 rings (SSSR count). The molecule has 1 heterocycles. The average Bonchev–Trinajstić information content (AvgIpc) is 2.48. The molecule has 1 aromatic heterocycles. The van der Waals surface area contributed by atoms with E-state index in [1.54, 1.807) is 13.0 Å². The van der Waals surface area contributed by atoms with Gasteiger partial charge in [0.2, 0.25) is 0 Å². The number of pyridine rings is 1. The van der Waals surface area contributed by atoms with Gasteiger partial charge in [-0.3, -0.25) is 9.59 Å². The Kier molecular flexibility index (Phi) is 5.23. The van der Waals surface area contributed by atoms with Gasteiger partial charge in [-0.1, -0.05) is 6.07 Å². The van der Waals surface area contributed by atoms with Gasteiger partial charge in [-0.05, 0) is 30.7 Å². The third kappa shape index (κ3) is 4.46. The molecular formula is C16H16F2N2O3. The van der Waals surface area contributed by atoms with Crippen molar-refractivity contribution in [1.29, 1.82) is 0 Å². The van der Waals surface area contributed by atoms with Crippen LogP contribution in [0.4, 0.5) is 8.78 Å². The second-order valence-corrected chi connectivity index (χ2v) is 5.19. The monoisotopic (exact) mass is 322 g/mol. The lowest BCUT2D eigenvalue weighted by Gasteiger charge is -2.12. The Balaban J connectivity index is 1.94. The number of aliphatic hydroxyl groups excluding tert-OH is 1. The summed E-state index contributed by atoms with van der Waals surface area (Å²) in [6.07, 6.45) is -1.15. The summed E-state index contributed by atoms with van der Waals surface area (Å²) in [5.74, 6) is -2.09. The molecule has 1 aromatic carbocycles. The molecular weight excluding hydrogens is 306 g/mol. The van der Waals surface area contributed by atoms with E-state index in [1.165, 1.54) is 12.1 Å². The Labute approximate surface area is 131 Å². The fourth-order valence-electron chi connectivity index (χ4n) is 2.07. The highest BCUT2D eigenvalue weighted by molar-refractivity contribution is 5.93. The molecule has 0 fully saturated rings. The molecule has 5 nitrogen and oxygen atoms in total. The first kappa shape index (κ1) is 16.8. The minimum Gasteiger partial charge on any atom is -0.391 e. The fraction of sp³-hybridized carbons (Fsp3) is 0.250. The Hall–Kier alpha value is -2.54. The van der Waals surface area contributed by atoms with E-state index in [4.69, 9.17) is 0 Å². The Morgan fingerprint density at radius 1 is 1.30 bits per heavy atom. The molecule has 122 valence electrons. The normalized spacial score (nSPS) is 12.0. The van der Waals surface area contributed by atoms with Gasteiger partial charge < -0.3 is 15.4 Å². The molecule has 0 bridgehead atoms. The van der Waals surface area contributed by atoms with Crippen molar-refractivity contribution in [3.05, 3.63) is 69.1 Å². The Morgan fingerprint density at radius 3 is 2.70 bits per heavy atom. The minimum atomic E-state index is -1.07. The van der Waals surface area contributed by atoms with Crippen molar-refractivity contribution in [3.63, 3.8) is 0 Å².